The highest BCUT2D eigenvalue weighted by Gasteiger charge is 2.46. The van der Waals surface area contributed by atoms with Crippen molar-refractivity contribution in [3.05, 3.63) is 22.8 Å². The summed E-state index contributed by atoms with van der Waals surface area (Å²) in [6, 6.07) is 0. The van der Waals surface area contributed by atoms with Gasteiger partial charge in [0.25, 0.3) is 0 Å². The number of aliphatic hydroxyl groups excluding tert-OH is 2. The fraction of sp³-hybridized carbons (Fsp3) is 0.667. The zero-order chi connectivity index (χ0) is 20.8. The van der Waals surface area contributed by atoms with Crippen molar-refractivity contribution in [1.29, 1.82) is 0 Å². The first-order valence-electron chi connectivity index (χ1n) is 6.20. The number of sulfonamides is 2. The Kier molecular flexibility index (Phi) is 8.48. The van der Waals surface area contributed by atoms with E-state index in [-0.39, 0.29) is 13.2 Å². The molecule has 0 spiro atoms. The fourth-order valence-electron chi connectivity index (χ4n) is 1.15. The minimum absolute atomic E-state index is 0.147. The molecule has 0 aliphatic carbocycles. The topological polar surface area (TPSA) is 132 Å². The van der Waals surface area contributed by atoms with E-state index < -0.39 is 31.1 Å². The minimum atomic E-state index is -6.72. The second-order valence-corrected chi connectivity index (χ2v) is 7.67. The number of rotatable bonds is 6. The molecule has 1 rings (SSSR count). The molecule has 0 saturated carbocycles. The summed E-state index contributed by atoms with van der Waals surface area (Å²) in [6.07, 6.45) is 5.59. The summed E-state index contributed by atoms with van der Waals surface area (Å²) in [5.41, 5.74) is -12.4. The van der Waals surface area contributed by atoms with Crippen molar-refractivity contribution in [1.82, 2.24) is 4.57 Å². The number of aromatic nitrogens is 2. The number of hydrogen-bond acceptors (Lipinski definition) is 6. The Morgan fingerprint density at radius 1 is 0.923 bits per heavy atom. The van der Waals surface area contributed by atoms with Gasteiger partial charge in [0.05, 0.1) is 13.2 Å². The van der Waals surface area contributed by atoms with E-state index in [1.54, 1.807) is 0 Å². The van der Waals surface area contributed by atoms with Crippen LogP contribution in [-0.2, 0) is 33.1 Å². The second kappa shape index (κ2) is 8.98. The molecule has 0 aliphatic rings. The van der Waals surface area contributed by atoms with Crippen LogP contribution in [0.4, 0.5) is 26.3 Å². The van der Waals surface area contributed by atoms with Gasteiger partial charge in [-0.25, -0.2) is 26.0 Å². The normalized spacial score (nSPS) is 13.2. The Balaban J connectivity index is 0.000000502. The Hall–Kier alpha value is -1.43. The molecule has 2 N–H and O–H groups in total. The molecule has 0 amide bonds. The van der Waals surface area contributed by atoms with Gasteiger partial charge in [0, 0.05) is 0 Å². The third-order valence-electron chi connectivity index (χ3n) is 2.24. The van der Waals surface area contributed by atoms with Crippen molar-refractivity contribution in [3.8, 4) is 0 Å². The lowest BCUT2D eigenvalue weighted by Crippen LogP contribution is -2.32. The van der Waals surface area contributed by atoms with Gasteiger partial charge in [-0.15, -0.1) is 0 Å². The number of alkyl halides is 6. The second-order valence-electron chi connectivity index (χ2n) is 4.25. The first-order valence-corrected chi connectivity index (χ1v) is 9.09. The van der Waals surface area contributed by atoms with Crippen molar-refractivity contribution >= 4 is 20.0 Å². The van der Waals surface area contributed by atoms with E-state index in [0.717, 1.165) is 4.13 Å². The van der Waals surface area contributed by atoms with Crippen LogP contribution in [0.25, 0.3) is 4.13 Å². The molecule has 1 aromatic heterocycles. The number of aliphatic hydroxyl groups is 2. The third kappa shape index (κ3) is 7.44. The highest BCUT2D eigenvalue weighted by atomic mass is 32.3. The van der Waals surface area contributed by atoms with E-state index in [1.165, 1.54) is 0 Å². The van der Waals surface area contributed by atoms with E-state index in [2.05, 4.69) is 0 Å². The third-order valence-corrected chi connectivity index (χ3v) is 4.98. The van der Waals surface area contributed by atoms with Crippen molar-refractivity contribution in [2.45, 2.75) is 24.1 Å². The van der Waals surface area contributed by atoms with Gasteiger partial charge in [0.15, 0.2) is 20.0 Å². The van der Waals surface area contributed by atoms with Gasteiger partial charge in [0.1, 0.15) is 25.5 Å². The molecule has 0 fully saturated rings. The number of imidazole rings is 1. The van der Waals surface area contributed by atoms with Gasteiger partial charge in [-0.05, 0) is 0 Å². The van der Waals surface area contributed by atoms with Crippen LogP contribution in [0, 0.1) is 0 Å². The summed E-state index contributed by atoms with van der Waals surface area (Å²) in [4.78, 5) is 0. The lowest BCUT2D eigenvalue weighted by atomic mass is 10.7. The quantitative estimate of drug-likeness (QED) is 0.469. The SMILES string of the molecule is O=S(=O)([N-]S(=O)(=O)C(F)(F)F)C(F)(F)F.OCCn1cc[n+](CCO)c1. The first kappa shape index (κ1) is 24.6. The molecule has 0 aliphatic heterocycles. The number of hydrogen-bond donors (Lipinski definition) is 2. The Labute approximate surface area is 143 Å². The monoisotopic (exact) mass is 437 g/mol. The average molecular weight is 437 g/mol. The van der Waals surface area contributed by atoms with Gasteiger partial charge in [0.2, 0.25) is 6.33 Å². The summed E-state index contributed by atoms with van der Waals surface area (Å²) >= 11 is 0. The van der Waals surface area contributed by atoms with Gasteiger partial charge in [-0.2, -0.15) is 26.3 Å². The fourth-order valence-corrected chi connectivity index (χ4v) is 2.86. The molecule has 26 heavy (non-hydrogen) atoms. The molecule has 0 atom stereocenters. The highest BCUT2D eigenvalue weighted by Crippen LogP contribution is 2.36. The number of halogens is 6. The van der Waals surface area contributed by atoms with Crippen molar-refractivity contribution in [3.63, 3.8) is 0 Å². The van der Waals surface area contributed by atoms with E-state index in [9.17, 15) is 43.2 Å². The van der Waals surface area contributed by atoms with E-state index in [0.29, 0.717) is 13.1 Å². The molecule has 1 aromatic rings. The molecule has 0 saturated heterocycles. The largest absolute Gasteiger partial charge is 0.480 e. The number of nitrogens with zero attached hydrogens (tertiary/aromatic N) is 3. The van der Waals surface area contributed by atoms with Gasteiger partial charge >= 0.3 is 11.0 Å². The Morgan fingerprint density at radius 2 is 1.38 bits per heavy atom. The molecular formula is C9H13F6N3O6S2. The zero-order valence-electron chi connectivity index (χ0n) is 12.5. The molecular weight excluding hydrogens is 424 g/mol. The van der Waals surface area contributed by atoms with E-state index in [1.807, 2.05) is 27.9 Å². The van der Waals surface area contributed by atoms with Crippen LogP contribution in [0.1, 0.15) is 0 Å². The van der Waals surface area contributed by atoms with Crippen molar-refractivity contribution < 1.29 is 58.0 Å². The van der Waals surface area contributed by atoms with Crippen LogP contribution in [0.2, 0.25) is 0 Å². The van der Waals surface area contributed by atoms with Gasteiger partial charge < -0.3 is 14.3 Å². The molecule has 0 bridgehead atoms. The maximum absolute atomic E-state index is 11.4. The first-order chi connectivity index (χ1) is 11.6. The lowest BCUT2D eigenvalue weighted by Gasteiger charge is -2.22. The Bertz CT molecular complexity index is 708. The standard InChI is InChI=1S/C7H13N2O2.C2F6NO4S2/c10-5-3-8-1-2-9(7-8)4-6-11;3-1(4,5)14(10,11)9-15(12,13)2(6,7)8/h1-2,7,10-11H,3-6H2;/q+1;-1. The van der Waals surface area contributed by atoms with Crippen LogP contribution in [-0.4, -0.2) is 55.8 Å². The van der Waals surface area contributed by atoms with Crippen molar-refractivity contribution in [2.75, 3.05) is 13.2 Å². The van der Waals surface area contributed by atoms with Gasteiger partial charge in [-0.1, -0.05) is 0 Å². The molecule has 0 radical (unpaired) electrons. The van der Waals surface area contributed by atoms with Crippen LogP contribution in [0.3, 0.4) is 0 Å². The smallest absolute Gasteiger partial charge is 0.421 e. The molecule has 17 heteroatoms. The minimum Gasteiger partial charge on any atom is -0.421 e. The van der Waals surface area contributed by atoms with Crippen molar-refractivity contribution in [2.24, 2.45) is 0 Å². The molecule has 9 nitrogen and oxygen atoms in total. The summed E-state index contributed by atoms with van der Waals surface area (Å²) in [5.74, 6) is 0. The summed E-state index contributed by atoms with van der Waals surface area (Å²) in [6.45, 7) is 1.51. The van der Waals surface area contributed by atoms with Crippen LogP contribution >= 0.6 is 0 Å². The summed E-state index contributed by atoms with van der Waals surface area (Å²) in [5, 5.41) is 17.2. The molecule has 1 heterocycles. The predicted molar refractivity (Wildman–Crippen MR) is 72.1 cm³/mol. The molecule has 0 unspecified atom stereocenters. The maximum atomic E-state index is 11.4. The average Bonchev–Trinajstić information content (AvgIpc) is 2.84. The van der Waals surface area contributed by atoms with Gasteiger partial charge in [-0.3, -0.25) is 0 Å². The molecule has 0 aromatic carbocycles. The predicted octanol–water partition coefficient (Wildman–Crippen LogP) is -0.180. The maximum Gasteiger partial charge on any atom is 0.480 e. The van der Waals surface area contributed by atoms with E-state index in [4.69, 9.17) is 10.2 Å². The van der Waals surface area contributed by atoms with Crippen LogP contribution in [0.15, 0.2) is 18.7 Å². The Morgan fingerprint density at radius 3 is 1.73 bits per heavy atom. The zero-order valence-corrected chi connectivity index (χ0v) is 14.1. The summed E-state index contributed by atoms with van der Waals surface area (Å²) < 4.78 is 113. The summed E-state index contributed by atoms with van der Waals surface area (Å²) in [7, 11) is -13.4. The highest BCUT2D eigenvalue weighted by molar-refractivity contribution is 8.13. The van der Waals surface area contributed by atoms with Crippen LogP contribution < -0.4 is 4.57 Å². The lowest BCUT2D eigenvalue weighted by molar-refractivity contribution is -0.697. The van der Waals surface area contributed by atoms with E-state index >= 15 is 0 Å². The molecule has 154 valence electrons. The van der Waals surface area contributed by atoms with Crippen LogP contribution in [0.5, 0.6) is 0 Å².